The molecule has 4 rings (SSSR count). The van der Waals surface area contributed by atoms with Crippen LogP contribution in [0.5, 0.6) is 0 Å². The molecule has 4 heterocycles. The second-order valence-corrected chi connectivity index (χ2v) is 5.27. The van der Waals surface area contributed by atoms with Crippen molar-refractivity contribution in [2.45, 2.75) is 6.67 Å². The van der Waals surface area contributed by atoms with Crippen molar-refractivity contribution in [2.24, 2.45) is 9.98 Å². The molecule has 0 amide bonds. The molecule has 2 aromatic rings. The number of aliphatic imine (C=N–C) groups is 2. The molecule has 0 saturated heterocycles. The van der Waals surface area contributed by atoms with Crippen LogP contribution in [-0.2, 0) is 6.67 Å². The molecular formula is C15H18N8+2. The van der Waals surface area contributed by atoms with Gasteiger partial charge in [0, 0.05) is 24.8 Å². The van der Waals surface area contributed by atoms with Gasteiger partial charge in [0.05, 0.1) is 0 Å². The molecule has 116 valence electrons. The Balaban J connectivity index is 1.44. The molecule has 8 nitrogen and oxygen atoms in total. The van der Waals surface area contributed by atoms with Crippen LogP contribution in [0.3, 0.4) is 0 Å². The van der Waals surface area contributed by atoms with Crippen LogP contribution in [0.25, 0.3) is 0 Å². The lowest BCUT2D eigenvalue weighted by Crippen LogP contribution is -2.50. The standard InChI is InChI=1S/C15H18N8/c1-3-16-11-20(5-1)22-9-7-18(14-22)13-19-8-10-23(15-19)21-6-2-4-17-12-21/h1-10,14-15H,11-13H2/q+2. The van der Waals surface area contributed by atoms with Gasteiger partial charge in [-0.1, -0.05) is 0 Å². The molecule has 8 heteroatoms. The third-order valence-corrected chi connectivity index (χ3v) is 3.63. The SMILES string of the molecule is C1=CN(n2cc[n+](C[n+]3ccn(N4C=CC=NC4)c3)c2)CN=C1. The van der Waals surface area contributed by atoms with E-state index in [4.69, 9.17) is 0 Å². The highest BCUT2D eigenvalue weighted by molar-refractivity contribution is 5.72. The van der Waals surface area contributed by atoms with Gasteiger partial charge < -0.3 is 0 Å². The average Bonchev–Trinajstić information content (AvgIpc) is 3.27. The summed E-state index contributed by atoms with van der Waals surface area (Å²) in [5, 5.41) is 4.06. The quantitative estimate of drug-likeness (QED) is 0.705. The molecule has 0 saturated carbocycles. The third-order valence-electron chi connectivity index (χ3n) is 3.63. The van der Waals surface area contributed by atoms with Gasteiger partial charge in [-0.15, -0.1) is 9.35 Å². The van der Waals surface area contributed by atoms with Crippen molar-refractivity contribution in [1.29, 1.82) is 0 Å². The zero-order valence-corrected chi connectivity index (χ0v) is 12.6. The molecule has 0 unspecified atom stereocenters. The zero-order valence-electron chi connectivity index (χ0n) is 12.6. The zero-order chi connectivity index (χ0) is 15.5. The molecule has 2 aliphatic heterocycles. The predicted octanol–water partition coefficient (Wildman–Crippen LogP) is -0.642. The Hall–Kier alpha value is -3.16. The first-order valence-electron chi connectivity index (χ1n) is 7.40. The molecule has 23 heavy (non-hydrogen) atoms. The fourth-order valence-corrected chi connectivity index (χ4v) is 2.48. The molecule has 2 aromatic heterocycles. The highest BCUT2D eigenvalue weighted by atomic mass is 15.6. The first kappa shape index (κ1) is 13.5. The van der Waals surface area contributed by atoms with Crippen LogP contribution in [-0.4, -0.2) is 35.1 Å². The highest BCUT2D eigenvalue weighted by Crippen LogP contribution is 1.96. The lowest BCUT2D eigenvalue weighted by atomic mass is 10.6. The fraction of sp³-hybridized carbons (Fsp3) is 0.200. The summed E-state index contributed by atoms with van der Waals surface area (Å²) in [6.07, 6.45) is 23.7. The largest absolute Gasteiger partial charge is 0.270 e. The fourth-order valence-electron chi connectivity index (χ4n) is 2.48. The summed E-state index contributed by atoms with van der Waals surface area (Å²) >= 11 is 0. The van der Waals surface area contributed by atoms with E-state index in [0.29, 0.717) is 13.3 Å². The first-order chi connectivity index (χ1) is 11.4. The van der Waals surface area contributed by atoms with Crippen LogP contribution in [0.2, 0.25) is 0 Å². The second-order valence-electron chi connectivity index (χ2n) is 5.27. The van der Waals surface area contributed by atoms with Gasteiger partial charge in [0.2, 0.25) is 6.67 Å². The average molecular weight is 310 g/mol. The molecular weight excluding hydrogens is 292 g/mol. The molecule has 0 bridgehead atoms. The van der Waals surface area contributed by atoms with E-state index in [2.05, 4.69) is 19.1 Å². The maximum Gasteiger partial charge on any atom is 0.270 e. The number of hydrogen-bond donors (Lipinski definition) is 0. The van der Waals surface area contributed by atoms with E-state index in [9.17, 15) is 0 Å². The van der Waals surface area contributed by atoms with Gasteiger partial charge >= 0.3 is 0 Å². The second kappa shape index (κ2) is 5.91. The number of rotatable bonds is 4. The minimum atomic E-state index is 0.635. The van der Waals surface area contributed by atoms with Crippen LogP contribution in [0.15, 0.2) is 72.0 Å². The van der Waals surface area contributed by atoms with Crippen LogP contribution in [0.1, 0.15) is 0 Å². The van der Waals surface area contributed by atoms with E-state index in [-0.39, 0.29) is 0 Å². The van der Waals surface area contributed by atoms with E-state index in [0.717, 1.165) is 6.67 Å². The van der Waals surface area contributed by atoms with Crippen LogP contribution in [0, 0.1) is 0 Å². The monoisotopic (exact) mass is 310 g/mol. The predicted molar refractivity (Wildman–Crippen MR) is 86.1 cm³/mol. The van der Waals surface area contributed by atoms with Crippen LogP contribution >= 0.6 is 0 Å². The van der Waals surface area contributed by atoms with E-state index in [1.54, 1.807) is 0 Å². The molecule has 0 fully saturated rings. The maximum atomic E-state index is 4.24. The molecule has 0 N–H and O–H groups in total. The van der Waals surface area contributed by atoms with Crippen LogP contribution in [0.4, 0.5) is 0 Å². The van der Waals surface area contributed by atoms with E-state index >= 15 is 0 Å². The van der Waals surface area contributed by atoms with Crippen molar-refractivity contribution in [3.8, 4) is 0 Å². The number of allylic oxidation sites excluding steroid dienone is 2. The minimum absolute atomic E-state index is 0.635. The Kier molecular flexibility index (Phi) is 3.47. The van der Waals surface area contributed by atoms with Crippen molar-refractivity contribution < 1.29 is 9.13 Å². The third kappa shape index (κ3) is 2.91. The molecule has 2 aliphatic rings. The summed E-state index contributed by atoms with van der Waals surface area (Å²) in [5.74, 6) is 0. The topological polar surface area (TPSA) is 48.8 Å². The molecule has 0 atom stereocenters. The van der Waals surface area contributed by atoms with Crippen molar-refractivity contribution in [1.82, 2.24) is 9.35 Å². The lowest BCUT2D eigenvalue weighted by molar-refractivity contribution is -0.912. The van der Waals surface area contributed by atoms with Crippen molar-refractivity contribution in [3.05, 3.63) is 62.0 Å². The smallest absolute Gasteiger partial charge is 0.268 e. The first-order valence-corrected chi connectivity index (χ1v) is 7.40. The van der Waals surface area contributed by atoms with Gasteiger partial charge in [-0.25, -0.2) is 0 Å². The van der Waals surface area contributed by atoms with Crippen LogP contribution < -0.4 is 19.2 Å². The molecule has 0 aliphatic carbocycles. The Bertz CT molecular complexity index is 728. The number of aromatic nitrogens is 4. The number of hydrogen-bond acceptors (Lipinski definition) is 4. The van der Waals surface area contributed by atoms with Crippen molar-refractivity contribution >= 4 is 12.4 Å². The van der Waals surface area contributed by atoms with E-state index < -0.39 is 0 Å². The minimum Gasteiger partial charge on any atom is -0.268 e. The normalized spacial score (nSPS) is 16.5. The Morgan fingerprint density at radius 1 is 0.783 bits per heavy atom. The number of imidazole rings is 2. The summed E-state index contributed by atoms with van der Waals surface area (Å²) < 4.78 is 8.26. The van der Waals surface area contributed by atoms with Gasteiger partial charge in [0.25, 0.3) is 12.7 Å². The Morgan fingerprint density at radius 2 is 1.30 bits per heavy atom. The maximum absolute atomic E-state index is 4.24. The highest BCUT2D eigenvalue weighted by Gasteiger charge is 2.15. The Labute approximate surface area is 133 Å². The van der Waals surface area contributed by atoms with Crippen molar-refractivity contribution in [3.63, 3.8) is 0 Å². The summed E-state index contributed by atoms with van der Waals surface area (Å²) in [6, 6.07) is 0. The molecule has 0 aromatic carbocycles. The lowest BCUT2D eigenvalue weighted by Gasteiger charge is -2.14. The van der Waals surface area contributed by atoms with Gasteiger partial charge in [-0.2, -0.15) is 19.2 Å². The van der Waals surface area contributed by atoms with E-state index in [1.807, 2.05) is 93.8 Å². The molecule has 0 radical (unpaired) electrons. The van der Waals surface area contributed by atoms with Gasteiger partial charge in [-0.05, 0) is 12.2 Å². The summed E-state index contributed by atoms with van der Waals surface area (Å²) in [6.45, 7) is 2.01. The number of nitrogens with zero attached hydrogens (tertiary/aromatic N) is 8. The van der Waals surface area contributed by atoms with Gasteiger partial charge in [-0.3, -0.25) is 9.98 Å². The summed E-state index contributed by atoms with van der Waals surface area (Å²) in [7, 11) is 0. The van der Waals surface area contributed by atoms with Gasteiger partial charge in [0.15, 0.2) is 12.4 Å². The van der Waals surface area contributed by atoms with E-state index in [1.165, 1.54) is 0 Å². The van der Waals surface area contributed by atoms with Crippen molar-refractivity contribution in [2.75, 3.05) is 23.4 Å². The Morgan fingerprint density at radius 3 is 1.74 bits per heavy atom. The van der Waals surface area contributed by atoms with Gasteiger partial charge in [0.1, 0.15) is 25.7 Å². The summed E-state index contributed by atoms with van der Waals surface area (Å²) in [4.78, 5) is 8.47. The molecule has 0 spiro atoms. The summed E-state index contributed by atoms with van der Waals surface area (Å²) in [5.41, 5.74) is 0.